The average molecular weight is 367 g/mol. The highest BCUT2D eigenvalue weighted by Crippen LogP contribution is 2.13. The van der Waals surface area contributed by atoms with Crippen molar-refractivity contribution in [1.82, 2.24) is 0 Å². The fourth-order valence-electron chi connectivity index (χ4n) is 2.47. The monoisotopic (exact) mass is 367 g/mol. The normalized spacial score (nSPS) is 11.6. The molecule has 2 aromatic carbocycles. The third-order valence-corrected chi connectivity index (χ3v) is 4.38. The maximum Gasteiger partial charge on any atom is 0.307 e. The molecule has 0 aliphatic rings. The highest BCUT2D eigenvalue weighted by atomic mass is 16.5. The molecule has 1 N–H and O–H groups in total. The summed E-state index contributed by atoms with van der Waals surface area (Å²) in [4.78, 5) is 36.3. The van der Waals surface area contributed by atoms with Crippen LogP contribution in [0.1, 0.15) is 46.8 Å². The minimum atomic E-state index is -0.935. The van der Waals surface area contributed by atoms with E-state index in [1.807, 2.05) is 45.0 Å². The first-order valence-electron chi connectivity index (χ1n) is 8.93. The third-order valence-electron chi connectivity index (χ3n) is 4.38. The van der Waals surface area contributed by atoms with Crippen LogP contribution in [0.15, 0.2) is 42.5 Å². The van der Waals surface area contributed by atoms with E-state index in [1.54, 1.807) is 18.2 Å². The summed E-state index contributed by atoms with van der Waals surface area (Å²) in [5, 5.41) is 2.69. The number of nitrogens with one attached hydrogen (secondary N) is 1. The predicted molar refractivity (Wildman–Crippen MR) is 105 cm³/mol. The number of carbonyl (C=O) groups excluding carboxylic acids is 3. The minimum absolute atomic E-state index is 0.0492. The summed E-state index contributed by atoms with van der Waals surface area (Å²) in [5.74, 6) is -1.10. The maximum atomic E-state index is 12.2. The molecule has 0 spiro atoms. The van der Waals surface area contributed by atoms with Crippen molar-refractivity contribution in [3.63, 3.8) is 0 Å². The second-order valence-corrected chi connectivity index (χ2v) is 6.71. The molecule has 2 aromatic rings. The fraction of sp³-hybridized carbons (Fsp3) is 0.318. The van der Waals surface area contributed by atoms with Crippen LogP contribution in [0, 0.1) is 20.8 Å². The van der Waals surface area contributed by atoms with Gasteiger partial charge in [0.25, 0.3) is 5.91 Å². The van der Waals surface area contributed by atoms with E-state index in [4.69, 9.17) is 4.74 Å². The molecule has 0 fully saturated rings. The van der Waals surface area contributed by atoms with Crippen LogP contribution in [-0.4, -0.2) is 23.8 Å². The average Bonchev–Trinajstić information content (AvgIpc) is 2.63. The summed E-state index contributed by atoms with van der Waals surface area (Å²) in [6.07, 6.45) is -0.947. The maximum absolute atomic E-state index is 12.2. The van der Waals surface area contributed by atoms with Crippen LogP contribution < -0.4 is 5.32 Å². The molecule has 5 nitrogen and oxygen atoms in total. The zero-order valence-corrected chi connectivity index (χ0v) is 16.2. The number of rotatable bonds is 7. The van der Waals surface area contributed by atoms with Crippen LogP contribution in [0.4, 0.5) is 5.69 Å². The number of ether oxygens (including phenoxy) is 1. The molecule has 0 aliphatic heterocycles. The molecule has 2 rings (SSSR count). The number of benzene rings is 2. The van der Waals surface area contributed by atoms with Crippen molar-refractivity contribution >= 4 is 23.3 Å². The van der Waals surface area contributed by atoms with E-state index in [0.717, 1.165) is 16.7 Å². The molecule has 0 heterocycles. The van der Waals surface area contributed by atoms with Crippen molar-refractivity contribution in [3.8, 4) is 0 Å². The van der Waals surface area contributed by atoms with E-state index in [-0.39, 0.29) is 18.6 Å². The van der Waals surface area contributed by atoms with Crippen molar-refractivity contribution in [3.05, 3.63) is 64.7 Å². The Kier molecular flexibility index (Phi) is 6.88. The zero-order valence-electron chi connectivity index (χ0n) is 16.2. The van der Waals surface area contributed by atoms with Crippen LogP contribution in [0.5, 0.6) is 0 Å². The number of Topliss-reactive ketones (excluding diaryl/α,β-unsaturated/α-hetero) is 1. The fourth-order valence-corrected chi connectivity index (χ4v) is 2.47. The molecule has 0 radical (unpaired) electrons. The van der Waals surface area contributed by atoms with E-state index in [0.29, 0.717) is 11.3 Å². The SMILES string of the molecule is Cc1ccc(NC(=O)[C@H](C)OC(=O)CCC(=O)c2ccc(C)c(C)c2)cc1. The van der Waals surface area contributed by atoms with Gasteiger partial charge in [-0.05, 0) is 57.0 Å². The number of aryl methyl sites for hydroxylation is 3. The summed E-state index contributed by atoms with van der Waals surface area (Å²) in [6, 6.07) is 12.8. The summed E-state index contributed by atoms with van der Waals surface area (Å²) >= 11 is 0. The number of esters is 1. The summed E-state index contributed by atoms with van der Waals surface area (Å²) in [5.41, 5.74) is 4.44. The number of ketones is 1. The lowest BCUT2D eigenvalue weighted by atomic mass is 10.0. The van der Waals surface area contributed by atoms with Gasteiger partial charge in [-0.2, -0.15) is 0 Å². The lowest BCUT2D eigenvalue weighted by Gasteiger charge is -2.13. The smallest absolute Gasteiger partial charge is 0.307 e. The lowest BCUT2D eigenvalue weighted by Crippen LogP contribution is -2.30. The second kappa shape index (κ2) is 9.12. The Morgan fingerprint density at radius 2 is 1.59 bits per heavy atom. The topological polar surface area (TPSA) is 72.5 Å². The Bertz CT molecular complexity index is 840. The number of carbonyl (C=O) groups is 3. The van der Waals surface area contributed by atoms with Crippen molar-refractivity contribution in [2.45, 2.75) is 46.6 Å². The van der Waals surface area contributed by atoms with Gasteiger partial charge in [-0.15, -0.1) is 0 Å². The van der Waals surface area contributed by atoms with E-state index in [9.17, 15) is 14.4 Å². The molecule has 1 atom stereocenters. The number of hydrogen-bond donors (Lipinski definition) is 1. The van der Waals surface area contributed by atoms with Crippen LogP contribution >= 0.6 is 0 Å². The first-order chi connectivity index (χ1) is 12.8. The van der Waals surface area contributed by atoms with Gasteiger partial charge >= 0.3 is 5.97 Å². The van der Waals surface area contributed by atoms with E-state index >= 15 is 0 Å². The molecule has 5 heteroatoms. The van der Waals surface area contributed by atoms with Gasteiger partial charge in [-0.1, -0.05) is 29.8 Å². The van der Waals surface area contributed by atoms with Gasteiger partial charge in [0.1, 0.15) is 0 Å². The predicted octanol–water partition coefficient (Wildman–Crippen LogP) is 4.15. The van der Waals surface area contributed by atoms with Crippen LogP contribution in [-0.2, 0) is 14.3 Å². The van der Waals surface area contributed by atoms with Gasteiger partial charge in [0.15, 0.2) is 11.9 Å². The van der Waals surface area contributed by atoms with E-state index in [2.05, 4.69) is 5.32 Å². The van der Waals surface area contributed by atoms with Gasteiger partial charge in [0.05, 0.1) is 6.42 Å². The van der Waals surface area contributed by atoms with Crippen molar-refractivity contribution < 1.29 is 19.1 Å². The van der Waals surface area contributed by atoms with Crippen LogP contribution in [0.2, 0.25) is 0 Å². The van der Waals surface area contributed by atoms with E-state index < -0.39 is 18.0 Å². The molecule has 0 saturated heterocycles. The highest BCUT2D eigenvalue weighted by Gasteiger charge is 2.19. The molecular weight excluding hydrogens is 342 g/mol. The lowest BCUT2D eigenvalue weighted by molar-refractivity contribution is -0.153. The summed E-state index contributed by atoms with van der Waals surface area (Å²) < 4.78 is 5.13. The molecule has 0 saturated carbocycles. The molecule has 0 bridgehead atoms. The van der Waals surface area contributed by atoms with Gasteiger partial charge in [0.2, 0.25) is 0 Å². The Morgan fingerprint density at radius 3 is 2.22 bits per heavy atom. The van der Waals surface area contributed by atoms with Crippen molar-refractivity contribution in [1.29, 1.82) is 0 Å². The van der Waals surface area contributed by atoms with Crippen molar-refractivity contribution in [2.24, 2.45) is 0 Å². The molecule has 142 valence electrons. The first kappa shape index (κ1) is 20.4. The molecule has 0 aromatic heterocycles. The second-order valence-electron chi connectivity index (χ2n) is 6.71. The quantitative estimate of drug-likeness (QED) is 0.589. The van der Waals surface area contributed by atoms with Gasteiger partial charge in [-0.25, -0.2) is 0 Å². The van der Waals surface area contributed by atoms with Crippen LogP contribution in [0.3, 0.4) is 0 Å². The standard InChI is InChI=1S/C22H25NO4/c1-14-5-9-19(10-6-14)23-22(26)17(4)27-21(25)12-11-20(24)18-8-7-15(2)16(3)13-18/h5-10,13,17H,11-12H2,1-4H3,(H,23,26)/t17-/m0/s1. The highest BCUT2D eigenvalue weighted by molar-refractivity contribution is 5.98. The molecule has 1 amide bonds. The number of amides is 1. The largest absolute Gasteiger partial charge is 0.453 e. The van der Waals surface area contributed by atoms with Gasteiger partial charge in [0, 0.05) is 17.7 Å². The first-order valence-corrected chi connectivity index (χ1v) is 8.93. The Morgan fingerprint density at radius 1 is 0.926 bits per heavy atom. The zero-order chi connectivity index (χ0) is 20.0. The molecular formula is C22H25NO4. The van der Waals surface area contributed by atoms with E-state index in [1.165, 1.54) is 6.92 Å². The number of hydrogen-bond acceptors (Lipinski definition) is 4. The van der Waals surface area contributed by atoms with Gasteiger partial charge in [-0.3, -0.25) is 14.4 Å². The Labute approximate surface area is 159 Å². The summed E-state index contributed by atoms with van der Waals surface area (Å²) in [6.45, 7) is 7.38. The Balaban J connectivity index is 1.81. The van der Waals surface area contributed by atoms with Crippen molar-refractivity contribution in [2.75, 3.05) is 5.32 Å². The van der Waals surface area contributed by atoms with Gasteiger partial charge < -0.3 is 10.1 Å². The van der Waals surface area contributed by atoms with Crippen LogP contribution in [0.25, 0.3) is 0 Å². The molecule has 27 heavy (non-hydrogen) atoms. The minimum Gasteiger partial charge on any atom is -0.453 e. The number of anilines is 1. The Hall–Kier alpha value is -2.95. The molecule has 0 aliphatic carbocycles. The molecule has 0 unspecified atom stereocenters. The summed E-state index contributed by atoms with van der Waals surface area (Å²) in [7, 11) is 0. The third kappa shape index (κ3) is 6.06.